The molecule has 1 fully saturated rings. The molecule has 15 heavy (non-hydrogen) atoms. The van der Waals surface area contributed by atoms with E-state index >= 15 is 0 Å². The van der Waals surface area contributed by atoms with Crippen molar-refractivity contribution >= 4 is 5.91 Å². The standard InChI is InChI=1S/C11H18N2O2/c1-9(7-12)8-13-11(14)6-10-4-2-3-5-15-10/h9-10H,2-6,8H2,1H3,(H,13,14). The molecule has 2 atom stereocenters. The van der Waals surface area contributed by atoms with Crippen LogP contribution in [0.15, 0.2) is 0 Å². The molecule has 0 saturated carbocycles. The Morgan fingerprint density at radius 3 is 3.07 bits per heavy atom. The molecule has 2 unspecified atom stereocenters. The average Bonchev–Trinajstić information content (AvgIpc) is 2.27. The van der Waals surface area contributed by atoms with Crippen molar-refractivity contribution in [2.24, 2.45) is 5.92 Å². The van der Waals surface area contributed by atoms with Gasteiger partial charge in [0.1, 0.15) is 0 Å². The molecule has 4 nitrogen and oxygen atoms in total. The second-order valence-electron chi connectivity index (χ2n) is 4.03. The van der Waals surface area contributed by atoms with Crippen molar-refractivity contribution in [2.75, 3.05) is 13.2 Å². The van der Waals surface area contributed by atoms with Crippen LogP contribution in [0.1, 0.15) is 32.6 Å². The zero-order valence-corrected chi connectivity index (χ0v) is 9.16. The minimum Gasteiger partial charge on any atom is -0.378 e. The molecule has 84 valence electrons. The predicted molar refractivity (Wildman–Crippen MR) is 56.0 cm³/mol. The van der Waals surface area contributed by atoms with Crippen LogP contribution in [0.5, 0.6) is 0 Å². The van der Waals surface area contributed by atoms with Crippen molar-refractivity contribution in [1.82, 2.24) is 5.32 Å². The van der Waals surface area contributed by atoms with Gasteiger partial charge in [0, 0.05) is 13.2 Å². The molecule has 0 spiro atoms. The molecule has 1 rings (SSSR count). The Morgan fingerprint density at radius 1 is 1.67 bits per heavy atom. The fraction of sp³-hybridized carbons (Fsp3) is 0.818. The second-order valence-corrected chi connectivity index (χ2v) is 4.03. The quantitative estimate of drug-likeness (QED) is 0.759. The topological polar surface area (TPSA) is 62.1 Å². The first-order valence-electron chi connectivity index (χ1n) is 5.50. The van der Waals surface area contributed by atoms with E-state index in [1.165, 1.54) is 0 Å². The molecule has 0 aromatic heterocycles. The molecule has 0 radical (unpaired) electrons. The highest BCUT2D eigenvalue weighted by molar-refractivity contribution is 5.76. The van der Waals surface area contributed by atoms with Crippen LogP contribution < -0.4 is 5.32 Å². The van der Waals surface area contributed by atoms with E-state index in [0.717, 1.165) is 25.9 Å². The lowest BCUT2D eigenvalue weighted by Crippen LogP contribution is -2.32. The lowest BCUT2D eigenvalue weighted by molar-refractivity contribution is -0.124. The van der Waals surface area contributed by atoms with Crippen LogP contribution in [0.3, 0.4) is 0 Å². The fourth-order valence-electron chi connectivity index (χ4n) is 1.56. The number of carbonyl (C=O) groups is 1. The number of amides is 1. The van der Waals surface area contributed by atoms with Gasteiger partial charge in [0.25, 0.3) is 0 Å². The van der Waals surface area contributed by atoms with Gasteiger partial charge in [-0.25, -0.2) is 0 Å². The Balaban J connectivity index is 2.15. The van der Waals surface area contributed by atoms with Crippen molar-refractivity contribution < 1.29 is 9.53 Å². The van der Waals surface area contributed by atoms with E-state index < -0.39 is 0 Å². The van der Waals surface area contributed by atoms with Crippen LogP contribution in [0, 0.1) is 17.2 Å². The van der Waals surface area contributed by atoms with E-state index in [2.05, 4.69) is 11.4 Å². The van der Waals surface area contributed by atoms with Crippen molar-refractivity contribution in [3.63, 3.8) is 0 Å². The molecule has 0 aliphatic carbocycles. The summed E-state index contributed by atoms with van der Waals surface area (Å²) in [5.41, 5.74) is 0. The van der Waals surface area contributed by atoms with Gasteiger partial charge in [-0.1, -0.05) is 0 Å². The first-order valence-corrected chi connectivity index (χ1v) is 5.50. The monoisotopic (exact) mass is 210 g/mol. The number of nitriles is 1. The lowest BCUT2D eigenvalue weighted by atomic mass is 10.1. The van der Waals surface area contributed by atoms with Gasteiger partial charge in [0.15, 0.2) is 0 Å². The number of rotatable bonds is 4. The summed E-state index contributed by atoms with van der Waals surface area (Å²) in [4.78, 5) is 11.4. The minimum absolute atomic E-state index is 0.0102. The molecule has 4 heteroatoms. The van der Waals surface area contributed by atoms with Gasteiger partial charge in [0.05, 0.1) is 24.5 Å². The number of hydrogen-bond acceptors (Lipinski definition) is 3. The third-order valence-corrected chi connectivity index (χ3v) is 2.51. The highest BCUT2D eigenvalue weighted by Gasteiger charge is 2.17. The number of hydrogen-bond donors (Lipinski definition) is 1. The fourth-order valence-corrected chi connectivity index (χ4v) is 1.56. The van der Waals surface area contributed by atoms with Gasteiger partial charge in [-0.3, -0.25) is 4.79 Å². The number of carbonyl (C=O) groups excluding carboxylic acids is 1. The highest BCUT2D eigenvalue weighted by atomic mass is 16.5. The van der Waals surface area contributed by atoms with Crippen LogP contribution in [0.4, 0.5) is 0 Å². The van der Waals surface area contributed by atoms with Gasteiger partial charge in [-0.15, -0.1) is 0 Å². The van der Waals surface area contributed by atoms with Crippen molar-refractivity contribution in [3.8, 4) is 6.07 Å². The first-order chi connectivity index (χ1) is 7.22. The zero-order chi connectivity index (χ0) is 11.1. The molecule has 1 heterocycles. The van der Waals surface area contributed by atoms with Crippen molar-refractivity contribution in [3.05, 3.63) is 0 Å². The van der Waals surface area contributed by atoms with Crippen molar-refractivity contribution in [2.45, 2.75) is 38.7 Å². The molecule has 1 N–H and O–H groups in total. The van der Waals surface area contributed by atoms with Crippen molar-refractivity contribution in [1.29, 1.82) is 5.26 Å². The summed E-state index contributed by atoms with van der Waals surface area (Å²) in [6, 6.07) is 2.08. The van der Waals surface area contributed by atoms with E-state index in [9.17, 15) is 4.79 Å². The Labute approximate surface area is 90.6 Å². The van der Waals surface area contributed by atoms with Crippen LogP contribution in [0.2, 0.25) is 0 Å². The normalized spacial score (nSPS) is 22.8. The lowest BCUT2D eigenvalue weighted by Gasteiger charge is -2.22. The summed E-state index contributed by atoms with van der Waals surface area (Å²) in [5, 5.41) is 11.3. The summed E-state index contributed by atoms with van der Waals surface area (Å²) in [6.07, 6.45) is 3.73. The maximum Gasteiger partial charge on any atom is 0.222 e. The third-order valence-electron chi connectivity index (χ3n) is 2.51. The summed E-state index contributed by atoms with van der Waals surface area (Å²) in [5.74, 6) is -0.134. The summed E-state index contributed by atoms with van der Waals surface area (Å²) < 4.78 is 5.46. The maximum absolute atomic E-state index is 11.4. The Kier molecular flexibility index (Phi) is 5.13. The molecule has 1 saturated heterocycles. The maximum atomic E-state index is 11.4. The van der Waals surface area contributed by atoms with Gasteiger partial charge < -0.3 is 10.1 Å². The van der Waals surface area contributed by atoms with Crippen LogP contribution >= 0.6 is 0 Å². The van der Waals surface area contributed by atoms with Crippen LogP contribution in [0.25, 0.3) is 0 Å². The number of ether oxygens (including phenoxy) is 1. The summed E-state index contributed by atoms with van der Waals surface area (Å²) in [6.45, 7) is 2.99. The van der Waals surface area contributed by atoms with E-state index in [4.69, 9.17) is 10.00 Å². The van der Waals surface area contributed by atoms with E-state index in [0.29, 0.717) is 13.0 Å². The van der Waals surface area contributed by atoms with Gasteiger partial charge in [-0.2, -0.15) is 5.26 Å². The van der Waals surface area contributed by atoms with Crippen LogP contribution in [-0.2, 0) is 9.53 Å². The minimum atomic E-state index is -0.124. The van der Waals surface area contributed by atoms with Crippen LogP contribution in [-0.4, -0.2) is 25.2 Å². The first kappa shape index (κ1) is 12.0. The number of nitrogens with one attached hydrogen (secondary N) is 1. The molecular weight excluding hydrogens is 192 g/mol. The molecule has 0 aromatic rings. The Bertz CT molecular complexity index is 241. The van der Waals surface area contributed by atoms with E-state index in [-0.39, 0.29) is 17.9 Å². The molecule has 1 amide bonds. The summed E-state index contributed by atoms with van der Waals surface area (Å²) in [7, 11) is 0. The van der Waals surface area contributed by atoms with E-state index in [1.807, 2.05) is 0 Å². The molecule has 1 aliphatic heterocycles. The molecule has 1 aliphatic rings. The highest BCUT2D eigenvalue weighted by Crippen LogP contribution is 2.15. The Hall–Kier alpha value is -1.08. The van der Waals surface area contributed by atoms with Gasteiger partial charge in [-0.05, 0) is 26.2 Å². The SMILES string of the molecule is CC(C#N)CNC(=O)CC1CCCCO1. The smallest absolute Gasteiger partial charge is 0.222 e. The molecule has 0 bridgehead atoms. The summed E-state index contributed by atoms with van der Waals surface area (Å²) >= 11 is 0. The zero-order valence-electron chi connectivity index (χ0n) is 9.16. The Morgan fingerprint density at radius 2 is 2.47 bits per heavy atom. The van der Waals surface area contributed by atoms with Gasteiger partial charge in [0.2, 0.25) is 5.91 Å². The van der Waals surface area contributed by atoms with E-state index in [1.54, 1.807) is 6.92 Å². The number of nitrogens with zero attached hydrogens (tertiary/aromatic N) is 1. The third kappa shape index (κ3) is 4.80. The molecular formula is C11H18N2O2. The predicted octanol–water partition coefficient (Wildman–Crippen LogP) is 1.22. The molecule has 0 aromatic carbocycles. The largest absolute Gasteiger partial charge is 0.378 e. The second kappa shape index (κ2) is 6.41. The average molecular weight is 210 g/mol. The van der Waals surface area contributed by atoms with Gasteiger partial charge >= 0.3 is 0 Å².